The van der Waals surface area contributed by atoms with Crippen LogP contribution in [0.3, 0.4) is 0 Å². The average molecular weight is 473 g/mol. The summed E-state index contributed by atoms with van der Waals surface area (Å²) in [6.45, 7) is 2.28. The number of hydrogen-bond acceptors (Lipinski definition) is 5. The lowest BCUT2D eigenvalue weighted by molar-refractivity contribution is -0.115. The minimum atomic E-state index is -0.417. The van der Waals surface area contributed by atoms with Crippen molar-refractivity contribution in [3.05, 3.63) is 82.5 Å². The fraction of sp³-hybridized carbons (Fsp3) is 0.136. The van der Waals surface area contributed by atoms with Crippen molar-refractivity contribution < 1.29 is 9.53 Å². The average Bonchev–Trinajstić information content (AvgIpc) is 3.16. The van der Waals surface area contributed by atoms with Crippen molar-refractivity contribution in [3.63, 3.8) is 0 Å². The Labute approximate surface area is 193 Å². The number of nitrogens with zero attached hydrogens (tertiary/aromatic N) is 3. The molecular formula is C22H18Cl2N4O2S. The maximum absolute atomic E-state index is 12.6. The molecule has 2 heterocycles. The van der Waals surface area contributed by atoms with Gasteiger partial charge in [-0.2, -0.15) is 0 Å². The molecule has 0 bridgehead atoms. The molecule has 2 aromatic heterocycles. The Bertz CT molecular complexity index is 1200. The van der Waals surface area contributed by atoms with E-state index in [9.17, 15) is 4.79 Å². The van der Waals surface area contributed by atoms with Gasteiger partial charge < -0.3 is 10.1 Å². The minimum absolute atomic E-state index is 0.159. The number of pyridine rings is 1. The zero-order chi connectivity index (χ0) is 21.8. The summed E-state index contributed by atoms with van der Waals surface area (Å²) in [4.78, 5) is 12.6. The van der Waals surface area contributed by atoms with Gasteiger partial charge in [-0.3, -0.25) is 9.20 Å². The third-order valence-electron chi connectivity index (χ3n) is 4.42. The highest BCUT2D eigenvalue weighted by Crippen LogP contribution is 2.28. The molecule has 9 heteroatoms. The van der Waals surface area contributed by atoms with Gasteiger partial charge in [0.1, 0.15) is 12.4 Å². The van der Waals surface area contributed by atoms with Crippen LogP contribution in [0.15, 0.2) is 72.0 Å². The molecule has 1 unspecified atom stereocenters. The maximum Gasteiger partial charge on any atom is 0.237 e. The van der Waals surface area contributed by atoms with Crippen molar-refractivity contribution in [3.8, 4) is 5.75 Å². The van der Waals surface area contributed by atoms with Gasteiger partial charge in [-0.05, 0) is 42.8 Å². The van der Waals surface area contributed by atoms with Crippen LogP contribution in [0, 0.1) is 0 Å². The Morgan fingerprint density at radius 3 is 2.61 bits per heavy atom. The second kappa shape index (κ2) is 9.60. The maximum atomic E-state index is 12.6. The zero-order valence-corrected chi connectivity index (χ0v) is 18.8. The van der Waals surface area contributed by atoms with Crippen LogP contribution in [-0.2, 0) is 11.4 Å². The Kier molecular flexibility index (Phi) is 6.65. The quantitative estimate of drug-likeness (QED) is 0.347. The van der Waals surface area contributed by atoms with Crippen LogP contribution in [0.1, 0.15) is 12.5 Å². The summed E-state index contributed by atoms with van der Waals surface area (Å²) < 4.78 is 7.45. The van der Waals surface area contributed by atoms with Crippen LogP contribution in [0.4, 0.5) is 5.69 Å². The lowest BCUT2D eigenvalue weighted by Gasteiger charge is -2.12. The first kappa shape index (κ1) is 21.5. The number of benzene rings is 2. The summed E-state index contributed by atoms with van der Waals surface area (Å²) in [6, 6.07) is 18.8. The number of anilines is 1. The van der Waals surface area contributed by atoms with E-state index in [2.05, 4.69) is 15.5 Å². The Balaban J connectivity index is 1.36. The molecule has 0 radical (unpaired) electrons. The Morgan fingerprint density at radius 2 is 1.87 bits per heavy atom. The highest BCUT2D eigenvalue weighted by molar-refractivity contribution is 8.00. The highest BCUT2D eigenvalue weighted by Gasteiger charge is 2.19. The van der Waals surface area contributed by atoms with E-state index in [0.717, 1.165) is 11.3 Å². The molecular weight excluding hydrogens is 455 g/mol. The molecule has 1 N–H and O–H groups in total. The van der Waals surface area contributed by atoms with E-state index in [4.69, 9.17) is 27.9 Å². The molecule has 1 atom stereocenters. The van der Waals surface area contributed by atoms with E-state index in [1.165, 1.54) is 11.8 Å². The third kappa shape index (κ3) is 5.31. The predicted octanol–water partition coefficient (Wildman–Crippen LogP) is 5.73. The van der Waals surface area contributed by atoms with Crippen LogP contribution in [0.25, 0.3) is 5.65 Å². The Morgan fingerprint density at radius 1 is 1.13 bits per heavy atom. The fourth-order valence-electron chi connectivity index (χ4n) is 2.81. The van der Waals surface area contributed by atoms with Gasteiger partial charge in [-0.15, -0.1) is 10.2 Å². The van der Waals surface area contributed by atoms with E-state index < -0.39 is 5.25 Å². The number of thioether (sulfide) groups is 1. The second-order valence-corrected chi connectivity index (χ2v) is 8.88. The third-order valence-corrected chi connectivity index (χ3v) is 5.96. The lowest BCUT2D eigenvalue weighted by atomic mass is 10.2. The zero-order valence-electron chi connectivity index (χ0n) is 16.5. The number of aromatic nitrogens is 3. The molecule has 2 aromatic carbocycles. The molecule has 0 saturated heterocycles. The van der Waals surface area contributed by atoms with Crippen LogP contribution >= 0.6 is 35.0 Å². The number of hydrogen-bond donors (Lipinski definition) is 1. The largest absolute Gasteiger partial charge is 0.489 e. The monoisotopic (exact) mass is 472 g/mol. The minimum Gasteiger partial charge on any atom is -0.489 e. The summed E-state index contributed by atoms with van der Waals surface area (Å²) in [5.74, 6) is 0.570. The summed E-state index contributed by atoms with van der Waals surface area (Å²) in [5, 5.41) is 12.1. The molecule has 31 heavy (non-hydrogen) atoms. The van der Waals surface area contributed by atoms with E-state index in [-0.39, 0.29) is 5.91 Å². The van der Waals surface area contributed by atoms with Gasteiger partial charge in [0.2, 0.25) is 5.91 Å². The highest BCUT2D eigenvalue weighted by atomic mass is 35.5. The van der Waals surface area contributed by atoms with Gasteiger partial charge in [0.05, 0.1) is 15.3 Å². The van der Waals surface area contributed by atoms with Gasteiger partial charge in [0, 0.05) is 11.9 Å². The smallest absolute Gasteiger partial charge is 0.237 e. The molecule has 0 spiro atoms. The fourth-order valence-corrected chi connectivity index (χ4v) is 4.15. The van der Waals surface area contributed by atoms with E-state index in [1.807, 2.05) is 54.6 Å². The molecule has 4 rings (SSSR count). The van der Waals surface area contributed by atoms with Crippen LogP contribution in [-0.4, -0.2) is 25.8 Å². The topological polar surface area (TPSA) is 68.5 Å². The van der Waals surface area contributed by atoms with Crippen molar-refractivity contribution in [1.29, 1.82) is 0 Å². The van der Waals surface area contributed by atoms with Crippen LogP contribution < -0.4 is 10.1 Å². The number of carbonyl (C=O) groups excluding carboxylic acids is 1. The summed E-state index contributed by atoms with van der Waals surface area (Å²) in [7, 11) is 0. The van der Waals surface area contributed by atoms with E-state index in [1.54, 1.807) is 23.6 Å². The molecule has 4 aromatic rings. The van der Waals surface area contributed by atoms with Crippen molar-refractivity contribution in [1.82, 2.24) is 14.6 Å². The van der Waals surface area contributed by atoms with Crippen molar-refractivity contribution in [2.75, 3.05) is 5.32 Å². The van der Waals surface area contributed by atoms with Gasteiger partial charge in [-0.1, -0.05) is 65.3 Å². The predicted molar refractivity (Wildman–Crippen MR) is 124 cm³/mol. The van der Waals surface area contributed by atoms with Gasteiger partial charge in [0.15, 0.2) is 10.8 Å². The number of nitrogens with one attached hydrogen (secondary N) is 1. The molecule has 0 fully saturated rings. The Hall–Kier alpha value is -2.74. The van der Waals surface area contributed by atoms with Crippen molar-refractivity contribution >= 4 is 52.2 Å². The van der Waals surface area contributed by atoms with Gasteiger partial charge >= 0.3 is 0 Å². The molecule has 6 nitrogen and oxygen atoms in total. The number of rotatable bonds is 7. The first-order valence-electron chi connectivity index (χ1n) is 9.43. The van der Waals surface area contributed by atoms with Crippen molar-refractivity contribution in [2.45, 2.75) is 23.9 Å². The number of ether oxygens (including phenoxy) is 1. The molecule has 0 aliphatic rings. The summed E-state index contributed by atoms with van der Waals surface area (Å²) in [6.07, 6.45) is 1.67. The van der Waals surface area contributed by atoms with Crippen molar-refractivity contribution in [2.24, 2.45) is 0 Å². The molecule has 158 valence electrons. The number of fused-ring (bicyclic) bond motifs is 1. The molecule has 0 saturated carbocycles. The van der Waals surface area contributed by atoms with Gasteiger partial charge in [-0.25, -0.2) is 0 Å². The summed E-state index contributed by atoms with van der Waals surface area (Å²) in [5.41, 5.74) is 2.27. The van der Waals surface area contributed by atoms with Crippen LogP contribution in [0.5, 0.6) is 5.75 Å². The summed E-state index contributed by atoms with van der Waals surface area (Å²) >= 11 is 13.5. The molecule has 1 amide bonds. The first-order chi connectivity index (χ1) is 15.0. The second-order valence-electron chi connectivity index (χ2n) is 6.73. The lowest BCUT2D eigenvalue weighted by Crippen LogP contribution is -2.22. The molecule has 0 aliphatic heterocycles. The number of halogens is 2. The number of amides is 1. The van der Waals surface area contributed by atoms with Crippen LogP contribution in [0.2, 0.25) is 10.0 Å². The number of carbonyl (C=O) groups is 1. The molecule has 0 aliphatic carbocycles. The first-order valence-corrected chi connectivity index (χ1v) is 11.1. The normalized spacial score (nSPS) is 12.0. The standard InChI is InChI=1S/C22H18Cl2N4O2S/c1-14(31-22-27-26-20-19(24)11-16(23)12-28(20)22)21(29)25-17-7-9-18(10-8-17)30-13-15-5-3-2-4-6-15/h2-12,14H,13H2,1H3,(H,25,29). The van der Waals surface area contributed by atoms with Gasteiger partial charge in [0.25, 0.3) is 0 Å². The SMILES string of the molecule is CC(Sc1nnc2c(Cl)cc(Cl)cn12)C(=O)Nc1ccc(OCc2ccccc2)cc1. The van der Waals surface area contributed by atoms with E-state index >= 15 is 0 Å². The van der Waals surface area contributed by atoms with E-state index in [0.29, 0.717) is 33.1 Å².